The van der Waals surface area contributed by atoms with Gasteiger partial charge in [-0.25, -0.2) is 4.79 Å². The Kier molecular flexibility index (Phi) is 3.14. The first-order valence-corrected chi connectivity index (χ1v) is 5.10. The van der Waals surface area contributed by atoms with E-state index in [0.29, 0.717) is 11.3 Å². The fourth-order valence-corrected chi connectivity index (χ4v) is 1.77. The van der Waals surface area contributed by atoms with Gasteiger partial charge < -0.3 is 4.74 Å². The van der Waals surface area contributed by atoms with Crippen molar-refractivity contribution in [3.05, 3.63) is 24.0 Å². The molecule has 1 heterocycles. The largest absolute Gasteiger partial charge is 0.428 e. The molecule has 0 fully saturated rings. The maximum Gasteiger partial charge on any atom is 0.339 e. The molecule has 14 heavy (non-hydrogen) atoms. The summed E-state index contributed by atoms with van der Waals surface area (Å²) >= 11 is 0. The normalized spacial score (nSPS) is 27.2. The van der Waals surface area contributed by atoms with Crippen LogP contribution in [0.5, 0.6) is 0 Å². The number of allylic oxidation sites excluding steroid dienone is 2. The van der Waals surface area contributed by atoms with Gasteiger partial charge in [-0.3, -0.25) is 0 Å². The molecule has 0 aromatic rings. The zero-order chi connectivity index (χ0) is 10.8. The highest BCUT2D eigenvalue weighted by molar-refractivity contribution is 5.91. The lowest BCUT2D eigenvalue weighted by atomic mass is 9.77. The lowest BCUT2D eigenvalue weighted by Crippen LogP contribution is -2.28. The molecule has 1 atom stereocenters. The predicted molar refractivity (Wildman–Crippen MR) is 56.6 cm³/mol. The molecule has 0 radical (unpaired) electrons. The first-order chi connectivity index (χ1) is 6.49. The van der Waals surface area contributed by atoms with Crippen molar-refractivity contribution >= 4 is 5.97 Å². The smallest absolute Gasteiger partial charge is 0.339 e. The molecule has 0 spiro atoms. The van der Waals surface area contributed by atoms with Gasteiger partial charge >= 0.3 is 5.97 Å². The molecule has 78 valence electrons. The van der Waals surface area contributed by atoms with Crippen LogP contribution in [0.1, 0.15) is 40.0 Å². The number of unbranched alkanes of at least 4 members (excludes halogenated alkanes) is 1. The lowest BCUT2D eigenvalue weighted by Gasteiger charge is -2.31. The van der Waals surface area contributed by atoms with E-state index in [4.69, 9.17) is 4.74 Å². The Morgan fingerprint density at radius 2 is 2.21 bits per heavy atom. The van der Waals surface area contributed by atoms with Crippen LogP contribution < -0.4 is 0 Å². The van der Waals surface area contributed by atoms with Gasteiger partial charge in [-0.2, -0.15) is 0 Å². The Morgan fingerprint density at radius 3 is 2.79 bits per heavy atom. The van der Waals surface area contributed by atoms with Gasteiger partial charge in [-0.05, 0) is 19.4 Å². The van der Waals surface area contributed by atoms with Crippen molar-refractivity contribution < 1.29 is 9.53 Å². The van der Waals surface area contributed by atoms with Gasteiger partial charge in [-0.1, -0.05) is 33.3 Å². The van der Waals surface area contributed by atoms with Crippen LogP contribution in [-0.4, -0.2) is 5.97 Å². The number of hydrogen-bond acceptors (Lipinski definition) is 2. The molecule has 1 aliphatic rings. The molecule has 0 bridgehead atoms. The molecular weight excluding hydrogens is 176 g/mol. The van der Waals surface area contributed by atoms with E-state index >= 15 is 0 Å². The zero-order valence-corrected chi connectivity index (χ0v) is 9.22. The molecule has 1 rings (SSSR count). The van der Waals surface area contributed by atoms with E-state index in [1.807, 2.05) is 13.0 Å². The molecule has 0 saturated heterocycles. The third-order valence-electron chi connectivity index (χ3n) is 2.76. The molecule has 0 amide bonds. The van der Waals surface area contributed by atoms with Crippen LogP contribution in [0.3, 0.4) is 0 Å². The SMILES string of the molecule is C=C1C(=O)OC(C)=CC1(C)CCCC. The monoisotopic (exact) mass is 194 g/mol. The molecule has 0 aromatic carbocycles. The number of ether oxygens (including phenoxy) is 1. The number of carbonyl (C=O) groups excluding carboxylic acids is 1. The van der Waals surface area contributed by atoms with Gasteiger partial charge in [0, 0.05) is 11.0 Å². The predicted octanol–water partition coefficient (Wildman–Crippen LogP) is 3.20. The van der Waals surface area contributed by atoms with Crippen molar-refractivity contribution in [2.45, 2.75) is 40.0 Å². The van der Waals surface area contributed by atoms with Gasteiger partial charge in [-0.15, -0.1) is 0 Å². The first kappa shape index (κ1) is 11.0. The maximum absolute atomic E-state index is 11.4. The first-order valence-electron chi connectivity index (χ1n) is 5.10. The number of carbonyl (C=O) groups is 1. The van der Waals surface area contributed by atoms with Crippen LogP contribution >= 0.6 is 0 Å². The Hall–Kier alpha value is -1.05. The molecule has 0 saturated carbocycles. The van der Waals surface area contributed by atoms with Crippen LogP contribution in [0.25, 0.3) is 0 Å². The summed E-state index contributed by atoms with van der Waals surface area (Å²) in [7, 11) is 0. The Labute approximate surface area is 85.6 Å². The standard InChI is InChI=1S/C12H18O2/c1-5-6-7-12(4)8-9(2)14-11(13)10(12)3/h8H,3,5-7H2,1-2,4H3. The van der Waals surface area contributed by atoms with Crippen LogP contribution in [0.4, 0.5) is 0 Å². The lowest BCUT2D eigenvalue weighted by molar-refractivity contribution is -0.137. The van der Waals surface area contributed by atoms with E-state index < -0.39 is 0 Å². The summed E-state index contributed by atoms with van der Waals surface area (Å²) in [5.41, 5.74) is 0.381. The molecule has 1 unspecified atom stereocenters. The fraction of sp³-hybridized carbons (Fsp3) is 0.583. The minimum Gasteiger partial charge on any atom is -0.428 e. The molecule has 0 aromatic heterocycles. The summed E-state index contributed by atoms with van der Waals surface area (Å²) in [6.07, 6.45) is 5.21. The number of esters is 1. The Bertz CT molecular complexity index is 289. The maximum atomic E-state index is 11.4. The summed E-state index contributed by atoms with van der Waals surface area (Å²) in [6.45, 7) is 9.82. The van der Waals surface area contributed by atoms with Gasteiger partial charge in [0.15, 0.2) is 0 Å². The molecule has 2 heteroatoms. The second-order valence-corrected chi connectivity index (χ2v) is 4.14. The minimum atomic E-state index is -0.274. The van der Waals surface area contributed by atoms with Crippen molar-refractivity contribution in [3.8, 4) is 0 Å². The van der Waals surface area contributed by atoms with Gasteiger partial charge in [0.25, 0.3) is 0 Å². The zero-order valence-electron chi connectivity index (χ0n) is 9.22. The molecule has 0 aliphatic carbocycles. The van der Waals surface area contributed by atoms with Gasteiger partial charge in [0.05, 0.1) is 0 Å². The van der Waals surface area contributed by atoms with E-state index in [1.54, 1.807) is 0 Å². The van der Waals surface area contributed by atoms with E-state index in [9.17, 15) is 4.79 Å². The van der Waals surface area contributed by atoms with E-state index in [1.165, 1.54) is 0 Å². The highest BCUT2D eigenvalue weighted by atomic mass is 16.5. The minimum absolute atomic E-state index is 0.199. The van der Waals surface area contributed by atoms with E-state index in [2.05, 4.69) is 20.4 Å². The summed E-state index contributed by atoms with van der Waals surface area (Å²) in [5.74, 6) is 0.421. The molecule has 0 N–H and O–H groups in total. The fourth-order valence-electron chi connectivity index (χ4n) is 1.77. The van der Waals surface area contributed by atoms with Gasteiger partial charge in [0.2, 0.25) is 0 Å². The highest BCUT2D eigenvalue weighted by Crippen LogP contribution is 2.38. The second kappa shape index (κ2) is 3.99. The molecule has 1 aliphatic heterocycles. The molecular formula is C12H18O2. The summed E-state index contributed by atoms with van der Waals surface area (Å²) in [6, 6.07) is 0. The van der Waals surface area contributed by atoms with E-state index in [0.717, 1.165) is 19.3 Å². The summed E-state index contributed by atoms with van der Waals surface area (Å²) in [4.78, 5) is 11.4. The second-order valence-electron chi connectivity index (χ2n) is 4.14. The quantitative estimate of drug-likeness (QED) is 0.509. The van der Waals surface area contributed by atoms with Crippen molar-refractivity contribution in [1.29, 1.82) is 0 Å². The third-order valence-corrected chi connectivity index (χ3v) is 2.76. The molecule has 2 nitrogen and oxygen atoms in total. The Balaban J connectivity index is 2.88. The summed E-state index contributed by atoms with van der Waals surface area (Å²) in [5, 5.41) is 0. The van der Waals surface area contributed by atoms with Crippen LogP contribution in [0.2, 0.25) is 0 Å². The average Bonchev–Trinajstić information content (AvgIpc) is 2.11. The third kappa shape index (κ3) is 2.06. The number of rotatable bonds is 3. The number of cyclic esters (lactones) is 1. The Morgan fingerprint density at radius 1 is 1.57 bits per heavy atom. The van der Waals surface area contributed by atoms with E-state index in [-0.39, 0.29) is 11.4 Å². The average molecular weight is 194 g/mol. The van der Waals surface area contributed by atoms with Crippen molar-refractivity contribution in [2.24, 2.45) is 5.41 Å². The van der Waals surface area contributed by atoms with Crippen LogP contribution in [-0.2, 0) is 9.53 Å². The van der Waals surface area contributed by atoms with Crippen LogP contribution in [0.15, 0.2) is 24.0 Å². The van der Waals surface area contributed by atoms with Crippen LogP contribution in [0, 0.1) is 5.41 Å². The van der Waals surface area contributed by atoms with Crippen molar-refractivity contribution in [2.75, 3.05) is 0 Å². The highest BCUT2D eigenvalue weighted by Gasteiger charge is 2.34. The van der Waals surface area contributed by atoms with Gasteiger partial charge in [0.1, 0.15) is 5.76 Å². The topological polar surface area (TPSA) is 26.3 Å². The van der Waals surface area contributed by atoms with Crippen molar-refractivity contribution in [1.82, 2.24) is 0 Å². The number of hydrogen-bond donors (Lipinski definition) is 0. The summed E-state index contributed by atoms with van der Waals surface area (Å²) < 4.78 is 5.00. The van der Waals surface area contributed by atoms with Crippen molar-refractivity contribution in [3.63, 3.8) is 0 Å².